The Balaban J connectivity index is 1.48. The number of nitrogens with one attached hydrogen (secondary N) is 1. The van der Waals surface area contributed by atoms with Crippen LogP contribution in [0.5, 0.6) is 0 Å². The highest BCUT2D eigenvalue weighted by molar-refractivity contribution is 7.20. The number of benzene rings is 3. The number of H-pyrrole nitrogens is 1. The molecule has 0 bridgehead atoms. The van der Waals surface area contributed by atoms with E-state index in [1.165, 1.54) is 0 Å². The molecule has 178 valence electrons. The SMILES string of the molecule is Cc1c(-c2n[nH]c(=O)c3nn(-c4ccccc4)cc23)sc2nc(-c3ccccc3)c(-c3ccccc3)n12. The summed E-state index contributed by atoms with van der Waals surface area (Å²) < 4.78 is 3.92. The number of hydrogen-bond acceptors (Lipinski definition) is 5. The van der Waals surface area contributed by atoms with E-state index >= 15 is 0 Å². The van der Waals surface area contributed by atoms with Crippen LogP contribution in [0, 0.1) is 6.92 Å². The first-order chi connectivity index (χ1) is 18.2. The van der Waals surface area contributed by atoms with Crippen molar-refractivity contribution in [1.82, 2.24) is 29.4 Å². The second-order valence-electron chi connectivity index (χ2n) is 8.75. The van der Waals surface area contributed by atoms with Gasteiger partial charge in [0.05, 0.1) is 27.3 Å². The number of imidazole rings is 1. The minimum Gasteiger partial charge on any atom is -0.286 e. The van der Waals surface area contributed by atoms with Crippen molar-refractivity contribution >= 4 is 27.2 Å². The van der Waals surface area contributed by atoms with Crippen LogP contribution in [-0.2, 0) is 0 Å². The number of rotatable bonds is 4. The third kappa shape index (κ3) is 3.41. The fourth-order valence-electron chi connectivity index (χ4n) is 4.75. The number of aromatic nitrogens is 6. The van der Waals surface area contributed by atoms with Crippen molar-refractivity contribution in [3.8, 4) is 38.8 Å². The van der Waals surface area contributed by atoms with Gasteiger partial charge in [-0.15, -0.1) is 0 Å². The summed E-state index contributed by atoms with van der Waals surface area (Å²) in [7, 11) is 0. The second-order valence-corrected chi connectivity index (χ2v) is 9.73. The molecule has 0 aliphatic carbocycles. The molecule has 0 radical (unpaired) electrons. The van der Waals surface area contributed by atoms with Crippen molar-refractivity contribution in [3.63, 3.8) is 0 Å². The molecule has 0 atom stereocenters. The molecule has 0 spiro atoms. The summed E-state index contributed by atoms with van der Waals surface area (Å²) in [5, 5.41) is 12.4. The van der Waals surface area contributed by atoms with Crippen LogP contribution in [0.25, 0.3) is 54.6 Å². The number of fused-ring (bicyclic) bond motifs is 2. The van der Waals surface area contributed by atoms with Crippen molar-refractivity contribution < 1.29 is 0 Å². The zero-order chi connectivity index (χ0) is 24.9. The molecular formula is C29H20N6OS. The molecule has 7 rings (SSSR count). The minimum atomic E-state index is -0.316. The molecule has 4 heterocycles. The maximum atomic E-state index is 12.6. The van der Waals surface area contributed by atoms with Gasteiger partial charge in [-0.2, -0.15) is 10.2 Å². The third-order valence-electron chi connectivity index (χ3n) is 6.49. The Labute approximate surface area is 215 Å². The largest absolute Gasteiger partial charge is 0.292 e. The molecule has 0 fully saturated rings. The Morgan fingerprint density at radius 3 is 2.16 bits per heavy atom. The smallest absolute Gasteiger partial charge is 0.286 e. The predicted molar refractivity (Wildman–Crippen MR) is 147 cm³/mol. The van der Waals surface area contributed by atoms with Crippen LogP contribution in [0.1, 0.15) is 5.69 Å². The van der Waals surface area contributed by atoms with E-state index in [1.807, 2.05) is 72.9 Å². The quantitative estimate of drug-likeness (QED) is 0.315. The van der Waals surface area contributed by atoms with E-state index in [4.69, 9.17) is 4.98 Å². The molecule has 0 aliphatic rings. The van der Waals surface area contributed by atoms with Crippen LogP contribution in [0.2, 0.25) is 0 Å². The maximum absolute atomic E-state index is 12.6. The first kappa shape index (κ1) is 21.5. The fourth-order valence-corrected chi connectivity index (χ4v) is 5.88. The average molecular weight is 501 g/mol. The minimum absolute atomic E-state index is 0.316. The molecule has 0 saturated carbocycles. The van der Waals surface area contributed by atoms with Gasteiger partial charge < -0.3 is 0 Å². The number of para-hydroxylation sites is 1. The standard InChI is InChI=1S/C29H20N6OS/c1-18-27(24-22-17-34(21-15-9-4-10-16-21)33-25(22)28(36)32-31-24)37-29-30-23(19-11-5-2-6-12-19)26(35(18)29)20-13-7-3-8-14-20/h2-17H,1H3,(H,32,36). The Morgan fingerprint density at radius 1 is 0.811 bits per heavy atom. The molecule has 0 amide bonds. The summed E-state index contributed by atoms with van der Waals surface area (Å²) in [5.41, 5.74) is 6.71. The van der Waals surface area contributed by atoms with E-state index in [9.17, 15) is 4.79 Å². The van der Waals surface area contributed by atoms with Gasteiger partial charge in [-0.05, 0) is 19.1 Å². The highest BCUT2D eigenvalue weighted by Gasteiger charge is 2.24. The Bertz CT molecular complexity index is 1950. The van der Waals surface area contributed by atoms with Gasteiger partial charge >= 0.3 is 0 Å². The third-order valence-corrected chi connectivity index (χ3v) is 7.64. The Hall–Kier alpha value is -4.82. The fraction of sp³-hybridized carbons (Fsp3) is 0.0345. The maximum Gasteiger partial charge on any atom is 0.292 e. The molecule has 3 aromatic carbocycles. The van der Waals surface area contributed by atoms with E-state index < -0.39 is 0 Å². The van der Waals surface area contributed by atoms with Crippen molar-refractivity contribution in [1.29, 1.82) is 0 Å². The van der Waals surface area contributed by atoms with Gasteiger partial charge in [0.25, 0.3) is 5.56 Å². The van der Waals surface area contributed by atoms with Crippen molar-refractivity contribution in [2.45, 2.75) is 6.92 Å². The zero-order valence-corrected chi connectivity index (χ0v) is 20.6. The lowest BCUT2D eigenvalue weighted by atomic mass is 10.0. The van der Waals surface area contributed by atoms with E-state index in [2.05, 4.69) is 50.9 Å². The highest BCUT2D eigenvalue weighted by Crippen LogP contribution is 2.41. The lowest BCUT2D eigenvalue weighted by Gasteiger charge is -2.07. The summed E-state index contributed by atoms with van der Waals surface area (Å²) >= 11 is 1.56. The van der Waals surface area contributed by atoms with Crippen LogP contribution in [-0.4, -0.2) is 29.4 Å². The second kappa shape index (κ2) is 8.39. The average Bonchev–Trinajstić information content (AvgIpc) is 3.64. The van der Waals surface area contributed by atoms with Gasteiger partial charge in [0, 0.05) is 23.0 Å². The first-order valence-electron chi connectivity index (χ1n) is 11.9. The molecule has 8 heteroatoms. The van der Waals surface area contributed by atoms with Crippen molar-refractivity contribution in [2.75, 3.05) is 0 Å². The normalized spacial score (nSPS) is 11.5. The monoisotopic (exact) mass is 500 g/mol. The van der Waals surface area contributed by atoms with Crippen molar-refractivity contribution in [3.05, 3.63) is 113 Å². The van der Waals surface area contributed by atoms with Gasteiger partial charge in [-0.1, -0.05) is 90.2 Å². The molecule has 7 aromatic rings. The van der Waals surface area contributed by atoms with E-state index in [1.54, 1.807) is 16.0 Å². The van der Waals surface area contributed by atoms with Crippen LogP contribution in [0.3, 0.4) is 0 Å². The number of aryl methyl sites for hydroxylation is 1. The summed E-state index contributed by atoms with van der Waals surface area (Å²) in [4.78, 5) is 19.5. The molecule has 0 saturated heterocycles. The van der Waals surface area contributed by atoms with Gasteiger partial charge in [-0.3, -0.25) is 9.20 Å². The summed E-state index contributed by atoms with van der Waals surface area (Å²) in [5.74, 6) is 0. The Kier molecular flexibility index (Phi) is 4.87. The van der Waals surface area contributed by atoms with Crippen LogP contribution < -0.4 is 5.56 Å². The number of aromatic amines is 1. The predicted octanol–water partition coefficient (Wildman–Crippen LogP) is 6.13. The summed E-state index contributed by atoms with van der Waals surface area (Å²) in [6.07, 6.45) is 1.87. The number of hydrogen-bond donors (Lipinski definition) is 1. The van der Waals surface area contributed by atoms with E-state index in [0.717, 1.165) is 43.7 Å². The van der Waals surface area contributed by atoms with Crippen molar-refractivity contribution in [2.24, 2.45) is 0 Å². The van der Waals surface area contributed by atoms with Gasteiger partial charge in [0.15, 0.2) is 10.5 Å². The molecular weight excluding hydrogens is 480 g/mol. The van der Waals surface area contributed by atoms with Crippen LogP contribution >= 0.6 is 11.3 Å². The van der Waals surface area contributed by atoms with Gasteiger partial charge in [0.1, 0.15) is 5.69 Å². The molecule has 0 unspecified atom stereocenters. The van der Waals surface area contributed by atoms with Crippen LogP contribution in [0.15, 0.2) is 102 Å². The van der Waals surface area contributed by atoms with E-state index in [-0.39, 0.29) is 5.56 Å². The first-order valence-corrected chi connectivity index (χ1v) is 12.7. The Morgan fingerprint density at radius 2 is 1.46 bits per heavy atom. The van der Waals surface area contributed by atoms with E-state index in [0.29, 0.717) is 16.6 Å². The highest BCUT2D eigenvalue weighted by atomic mass is 32.1. The number of thiazole rings is 1. The summed E-state index contributed by atoms with van der Waals surface area (Å²) in [6, 6.07) is 30.3. The van der Waals surface area contributed by atoms with Gasteiger partial charge in [0.2, 0.25) is 0 Å². The molecule has 7 nitrogen and oxygen atoms in total. The molecule has 4 aromatic heterocycles. The molecule has 37 heavy (non-hydrogen) atoms. The van der Waals surface area contributed by atoms with Gasteiger partial charge in [-0.25, -0.2) is 14.8 Å². The molecule has 1 N–H and O–H groups in total. The zero-order valence-electron chi connectivity index (χ0n) is 19.8. The lowest BCUT2D eigenvalue weighted by Crippen LogP contribution is -2.09. The van der Waals surface area contributed by atoms with Crippen LogP contribution in [0.4, 0.5) is 0 Å². The molecule has 0 aliphatic heterocycles. The number of nitrogens with zero attached hydrogens (tertiary/aromatic N) is 5. The summed E-state index contributed by atoms with van der Waals surface area (Å²) in [6.45, 7) is 2.07. The lowest BCUT2D eigenvalue weighted by molar-refractivity contribution is 0.891. The topological polar surface area (TPSA) is 80.9 Å².